The van der Waals surface area contributed by atoms with Gasteiger partial charge in [0.15, 0.2) is 0 Å². The van der Waals surface area contributed by atoms with Crippen LogP contribution in [-0.4, -0.2) is 15.9 Å². The number of nitrogens with zero attached hydrogens (tertiary/aromatic N) is 2. The second-order valence-corrected chi connectivity index (χ2v) is 5.37. The monoisotopic (exact) mass is 263 g/mol. The largest absolute Gasteiger partial charge is 0.309 e. The molecule has 0 spiro atoms. The molecule has 2 aromatic heterocycles. The van der Waals surface area contributed by atoms with Crippen LogP contribution in [0.25, 0.3) is 5.65 Å². The normalized spacial score (nSPS) is 22.4. The van der Waals surface area contributed by atoms with Gasteiger partial charge < -0.3 is 9.72 Å². The van der Waals surface area contributed by atoms with E-state index < -0.39 is 0 Å². The van der Waals surface area contributed by atoms with Crippen molar-refractivity contribution in [2.45, 2.75) is 18.4 Å². The fourth-order valence-electron chi connectivity index (χ4n) is 3.17. The number of pyridine rings is 1. The van der Waals surface area contributed by atoms with E-state index in [2.05, 4.69) is 58.5 Å². The van der Waals surface area contributed by atoms with Gasteiger partial charge in [-0.05, 0) is 30.7 Å². The van der Waals surface area contributed by atoms with Crippen LogP contribution >= 0.6 is 0 Å². The second kappa shape index (κ2) is 4.76. The lowest BCUT2D eigenvalue weighted by Crippen LogP contribution is -2.17. The smallest absolute Gasteiger partial charge is 0.136 e. The van der Waals surface area contributed by atoms with Crippen molar-refractivity contribution >= 4 is 5.65 Å². The maximum atomic E-state index is 4.79. The van der Waals surface area contributed by atoms with Crippen LogP contribution in [-0.2, 0) is 0 Å². The molecule has 20 heavy (non-hydrogen) atoms. The van der Waals surface area contributed by atoms with Crippen molar-refractivity contribution < 1.29 is 0 Å². The molecule has 3 nitrogen and oxygen atoms in total. The Morgan fingerprint density at radius 3 is 2.75 bits per heavy atom. The molecule has 1 aliphatic heterocycles. The van der Waals surface area contributed by atoms with Crippen LogP contribution in [0.3, 0.4) is 0 Å². The van der Waals surface area contributed by atoms with Crippen molar-refractivity contribution in [1.82, 2.24) is 14.7 Å². The summed E-state index contributed by atoms with van der Waals surface area (Å²) in [7, 11) is 0. The number of hydrogen-bond acceptors (Lipinski definition) is 2. The third-order valence-corrected chi connectivity index (χ3v) is 4.14. The highest BCUT2D eigenvalue weighted by atomic mass is 15.0. The molecule has 100 valence electrons. The van der Waals surface area contributed by atoms with Crippen LogP contribution in [0.2, 0.25) is 0 Å². The summed E-state index contributed by atoms with van der Waals surface area (Å²) in [5, 5.41) is 3.62. The van der Waals surface area contributed by atoms with Gasteiger partial charge in [-0.3, -0.25) is 0 Å². The van der Waals surface area contributed by atoms with E-state index in [1.807, 2.05) is 12.1 Å². The van der Waals surface area contributed by atoms with Gasteiger partial charge in [0.2, 0.25) is 0 Å². The lowest BCUT2D eigenvalue weighted by molar-refractivity contribution is 0.569. The van der Waals surface area contributed by atoms with Gasteiger partial charge in [-0.15, -0.1) is 0 Å². The summed E-state index contributed by atoms with van der Waals surface area (Å²) in [6.45, 7) is 1.05. The first-order valence-electron chi connectivity index (χ1n) is 7.14. The molecule has 1 fully saturated rings. The van der Waals surface area contributed by atoms with Gasteiger partial charge in [0.25, 0.3) is 0 Å². The number of imidazole rings is 1. The summed E-state index contributed by atoms with van der Waals surface area (Å²) >= 11 is 0. The summed E-state index contributed by atoms with van der Waals surface area (Å²) in [6.07, 6.45) is 5.37. The summed E-state index contributed by atoms with van der Waals surface area (Å²) < 4.78 is 2.11. The number of benzene rings is 1. The molecule has 3 heteroatoms. The highest BCUT2D eigenvalue weighted by Crippen LogP contribution is 2.37. The number of hydrogen-bond donors (Lipinski definition) is 1. The summed E-state index contributed by atoms with van der Waals surface area (Å²) in [5.41, 5.74) is 3.57. The molecule has 1 aromatic carbocycles. The summed E-state index contributed by atoms with van der Waals surface area (Å²) in [6, 6.07) is 17.2. The lowest BCUT2D eigenvalue weighted by atomic mass is 9.92. The van der Waals surface area contributed by atoms with E-state index >= 15 is 0 Å². The Balaban J connectivity index is 1.73. The first kappa shape index (κ1) is 11.7. The molecule has 0 amide bonds. The molecular weight excluding hydrogens is 246 g/mol. The van der Waals surface area contributed by atoms with E-state index in [0.717, 1.165) is 18.6 Å². The highest BCUT2D eigenvalue weighted by molar-refractivity contribution is 5.41. The van der Waals surface area contributed by atoms with Gasteiger partial charge in [0.05, 0.1) is 5.69 Å². The van der Waals surface area contributed by atoms with E-state index in [9.17, 15) is 0 Å². The first-order chi connectivity index (χ1) is 9.92. The number of aromatic nitrogens is 2. The van der Waals surface area contributed by atoms with Gasteiger partial charge in [-0.1, -0.05) is 36.4 Å². The quantitative estimate of drug-likeness (QED) is 0.769. The molecule has 2 atom stereocenters. The summed E-state index contributed by atoms with van der Waals surface area (Å²) in [4.78, 5) is 4.79. The van der Waals surface area contributed by atoms with Crippen LogP contribution in [0.5, 0.6) is 0 Å². The van der Waals surface area contributed by atoms with Crippen LogP contribution in [0, 0.1) is 0 Å². The minimum absolute atomic E-state index is 0.376. The molecule has 0 bridgehead atoms. The molecule has 0 radical (unpaired) electrons. The predicted molar refractivity (Wildman–Crippen MR) is 79.7 cm³/mol. The van der Waals surface area contributed by atoms with E-state index in [1.165, 1.54) is 11.3 Å². The van der Waals surface area contributed by atoms with Gasteiger partial charge in [0.1, 0.15) is 5.65 Å². The standard InChI is InChI=1S/C17H17N3/c1-2-6-13(7-3-1)17-14(9-10-18-17)15-12-20-11-5-4-8-16(20)19-15/h1-8,11-12,14,17-18H,9-10H2. The highest BCUT2D eigenvalue weighted by Gasteiger charge is 2.31. The van der Waals surface area contributed by atoms with Gasteiger partial charge in [0, 0.05) is 24.4 Å². The van der Waals surface area contributed by atoms with Crippen LogP contribution in [0.1, 0.15) is 29.6 Å². The van der Waals surface area contributed by atoms with Crippen molar-refractivity contribution in [3.63, 3.8) is 0 Å². The minimum Gasteiger partial charge on any atom is -0.309 e. The molecule has 3 heterocycles. The van der Waals surface area contributed by atoms with E-state index in [1.54, 1.807) is 0 Å². The fourth-order valence-corrected chi connectivity index (χ4v) is 3.17. The molecule has 1 aliphatic rings. The lowest BCUT2D eigenvalue weighted by Gasteiger charge is -2.18. The van der Waals surface area contributed by atoms with Crippen molar-refractivity contribution in [3.8, 4) is 0 Å². The Kier molecular flexibility index (Phi) is 2.78. The maximum Gasteiger partial charge on any atom is 0.136 e. The third kappa shape index (κ3) is 1.91. The Morgan fingerprint density at radius 1 is 1.05 bits per heavy atom. The molecule has 1 N–H and O–H groups in total. The van der Waals surface area contributed by atoms with Crippen LogP contribution in [0.15, 0.2) is 60.9 Å². The van der Waals surface area contributed by atoms with Gasteiger partial charge in [-0.25, -0.2) is 4.98 Å². The van der Waals surface area contributed by atoms with Crippen molar-refractivity contribution in [2.75, 3.05) is 6.54 Å². The fraction of sp³-hybridized carbons (Fsp3) is 0.235. The Bertz CT molecular complexity index is 684. The number of rotatable bonds is 2. The molecule has 1 saturated heterocycles. The molecule has 0 aliphatic carbocycles. The summed E-state index contributed by atoms with van der Waals surface area (Å²) in [5.74, 6) is 0.456. The molecular formula is C17H17N3. The van der Waals surface area contributed by atoms with E-state index in [0.29, 0.717) is 12.0 Å². The average molecular weight is 263 g/mol. The topological polar surface area (TPSA) is 29.3 Å². The second-order valence-electron chi connectivity index (χ2n) is 5.37. The number of nitrogens with one attached hydrogen (secondary N) is 1. The Labute approximate surface area is 118 Å². The Hall–Kier alpha value is -2.13. The van der Waals surface area contributed by atoms with Crippen molar-refractivity contribution in [1.29, 1.82) is 0 Å². The van der Waals surface area contributed by atoms with Crippen LogP contribution < -0.4 is 5.32 Å². The SMILES string of the molecule is c1ccc(C2NCCC2c2cn3ccccc3n2)cc1. The van der Waals surface area contributed by atoms with Crippen molar-refractivity contribution in [2.24, 2.45) is 0 Å². The molecule has 4 rings (SSSR count). The predicted octanol–water partition coefficient (Wildman–Crippen LogP) is 3.15. The third-order valence-electron chi connectivity index (χ3n) is 4.14. The maximum absolute atomic E-state index is 4.79. The minimum atomic E-state index is 0.376. The van der Waals surface area contributed by atoms with Crippen LogP contribution in [0.4, 0.5) is 0 Å². The van der Waals surface area contributed by atoms with E-state index in [-0.39, 0.29) is 0 Å². The first-order valence-corrected chi connectivity index (χ1v) is 7.14. The zero-order valence-corrected chi connectivity index (χ0v) is 11.2. The zero-order chi connectivity index (χ0) is 13.4. The van der Waals surface area contributed by atoms with Gasteiger partial charge in [-0.2, -0.15) is 0 Å². The van der Waals surface area contributed by atoms with E-state index in [4.69, 9.17) is 4.98 Å². The Morgan fingerprint density at radius 2 is 1.90 bits per heavy atom. The molecule has 0 saturated carbocycles. The zero-order valence-electron chi connectivity index (χ0n) is 11.2. The van der Waals surface area contributed by atoms with Gasteiger partial charge >= 0.3 is 0 Å². The van der Waals surface area contributed by atoms with Crippen molar-refractivity contribution in [3.05, 3.63) is 72.2 Å². The molecule has 3 aromatic rings. The molecule has 2 unspecified atom stereocenters. The number of fused-ring (bicyclic) bond motifs is 1. The average Bonchev–Trinajstić information content (AvgIpc) is 3.14.